The van der Waals surface area contributed by atoms with Gasteiger partial charge >= 0.3 is 6.01 Å². The van der Waals surface area contributed by atoms with Gasteiger partial charge in [-0.15, -0.1) is 16.4 Å². The molecule has 0 aliphatic carbocycles. The fourth-order valence-corrected chi connectivity index (χ4v) is 2.11. The maximum absolute atomic E-state index is 11.9. The van der Waals surface area contributed by atoms with Crippen molar-refractivity contribution in [1.29, 1.82) is 0 Å². The summed E-state index contributed by atoms with van der Waals surface area (Å²) in [5.74, 6) is -0.00999. The molecule has 0 saturated heterocycles. The molecule has 0 aromatic carbocycles. The fourth-order valence-electron chi connectivity index (χ4n) is 1.30. The molecular weight excluding hydrogens is 242 g/mol. The van der Waals surface area contributed by atoms with Gasteiger partial charge < -0.3 is 4.74 Å². The molecule has 0 saturated carbocycles. The number of rotatable bonds is 3. The van der Waals surface area contributed by atoms with Crippen LogP contribution in [0.2, 0.25) is 0 Å². The number of carbonyl (C=O) groups is 1. The Hall–Kier alpha value is -1.96. The summed E-state index contributed by atoms with van der Waals surface area (Å²) >= 11 is 1.34. The van der Waals surface area contributed by atoms with E-state index in [2.05, 4.69) is 25.5 Å². The number of aryl methyl sites for hydroxylation is 2. The van der Waals surface area contributed by atoms with Crippen LogP contribution in [0.5, 0.6) is 6.01 Å². The van der Waals surface area contributed by atoms with E-state index in [1.807, 2.05) is 6.92 Å². The molecule has 0 bridgehead atoms. The standard InChI is InChI=1S/C9H11N5O2S/c1-4-6(17-5(2)10-4)7(15)11-8-12-9(16-3)14-13-8/h1-3H3,(H2,11,12,13,14,15). The topological polar surface area (TPSA) is 92.8 Å². The lowest BCUT2D eigenvalue weighted by atomic mass is 10.4. The highest BCUT2D eigenvalue weighted by atomic mass is 32.1. The molecule has 1 amide bonds. The zero-order valence-corrected chi connectivity index (χ0v) is 10.4. The Morgan fingerprint density at radius 1 is 1.41 bits per heavy atom. The molecule has 7 nitrogen and oxygen atoms in total. The van der Waals surface area contributed by atoms with Gasteiger partial charge in [0.2, 0.25) is 5.95 Å². The van der Waals surface area contributed by atoms with Gasteiger partial charge in [0, 0.05) is 0 Å². The molecular formula is C9H11N5O2S. The lowest BCUT2D eigenvalue weighted by molar-refractivity contribution is 0.102. The normalized spacial score (nSPS) is 10.3. The van der Waals surface area contributed by atoms with Gasteiger partial charge in [-0.25, -0.2) is 10.1 Å². The van der Waals surface area contributed by atoms with E-state index in [0.717, 1.165) is 5.01 Å². The fraction of sp³-hybridized carbons (Fsp3) is 0.333. The summed E-state index contributed by atoms with van der Waals surface area (Å²) in [7, 11) is 1.45. The number of hydrogen-bond donors (Lipinski definition) is 2. The number of methoxy groups -OCH3 is 1. The van der Waals surface area contributed by atoms with Crippen LogP contribution in [0.15, 0.2) is 0 Å². The second-order valence-corrected chi connectivity index (χ2v) is 4.48. The molecule has 17 heavy (non-hydrogen) atoms. The highest BCUT2D eigenvalue weighted by Crippen LogP contribution is 2.18. The van der Waals surface area contributed by atoms with Crippen LogP contribution in [0.25, 0.3) is 0 Å². The molecule has 8 heteroatoms. The summed E-state index contributed by atoms with van der Waals surface area (Å²) in [5, 5.41) is 9.71. The first-order chi connectivity index (χ1) is 8.10. The van der Waals surface area contributed by atoms with E-state index in [1.54, 1.807) is 6.92 Å². The maximum Gasteiger partial charge on any atom is 0.336 e. The summed E-state index contributed by atoms with van der Waals surface area (Å²) in [5.41, 5.74) is 0.705. The second-order valence-electron chi connectivity index (χ2n) is 3.27. The Bertz CT molecular complexity index is 547. The van der Waals surface area contributed by atoms with Gasteiger partial charge in [-0.3, -0.25) is 10.1 Å². The third kappa shape index (κ3) is 2.41. The number of aromatic amines is 1. The number of anilines is 1. The molecule has 90 valence electrons. The highest BCUT2D eigenvalue weighted by molar-refractivity contribution is 7.13. The van der Waals surface area contributed by atoms with Crippen molar-refractivity contribution < 1.29 is 9.53 Å². The maximum atomic E-state index is 11.9. The van der Waals surface area contributed by atoms with E-state index in [1.165, 1.54) is 18.4 Å². The number of nitrogens with zero attached hydrogens (tertiary/aromatic N) is 3. The summed E-state index contributed by atoms with van der Waals surface area (Å²) in [6, 6.07) is 0.178. The predicted molar refractivity (Wildman–Crippen MR) is 62.5 cm³/mol. The van der Waals surface area contributed by atoms with E-state index in [0.29, 0.717) is 10.6 Å². The van der Waals surface area contributed by atoms with Crippen LogP contribution in [-0.2, 0) is 0 Å². The number of hydrogen-bond acceptors (Lipinski definition) is 6. The van der Waals surface area contributed by atoms with Crippen molar-refractivity contribution in [3.05, 3.63) is 15.6 Å². The number of nitrogens with one attached hydrogen (secondary N) is 2. The SMILES string of the molecule is COc1n[nH]c(NC(=O)c2sc(C)nc2C)n1. The van der Waals surface area contributed by atoms with Gasteiger partial charge in [0.15, 0.2) is 0 Å². The molecule has 2 aromatic heterocycles. The Kier molecular flexibility index (Phi) is 3.05. The van der Waals surface area contributed by atoms with E-state index in [9.17, 15) is 4.79 Å². The monoisotopic (exact) mass is 253 g/mol. The lowest BCUT2D eigenvalue weighted by Crippen LogP contribution is -2.12. The molecule has 2 aromatic rings. The van der Waals surface area contributed by atoms with Crippen molar-refractivity contribution in [3.63, 3.8) is 0 Å². The minimum Gasteiger partial charge on any atom is -0.466 e. The quantitative estimate of drug-likeness (QED) is 0.855. The number of ether oxygens (including phenoxy) is 1. The average Bonchev–Trinajstić information content (AvgIpc) is 2.85. The minimum absolute atomic E-state index is 0.178. The van der Waals surface area contributed by atoms with Gasteiger partial charge in [0.05, 0.1) is 17.8 Å². The molecule has 0 fully saturated rings. The van der Waals surface area contributed by atoms with Gasteiger partial charge in [0.1, 0.15) is 4.88 Å². The number of thiazole rings is 1. The number of carbonyl (C=O) groups excluding carboxylic acids is 1. The first-order valence-electron chi connectivity index (χ1n) is 4.82. The molecule has 0 atom stereocenters. The van der Waals surface area contributed by atoms with E-state index < -0.39 is 0 Å². The van der Waals surface area contributed by atoms with Crippen molar-refractivity contribution in [2.75, 3.05) is 12.4 Å². The Morgan fingerprint density at radius 2 is 2.18 bits per heavy atom. The second kappa shape index (κ2) is 4.50. The molecule has 2 N–H and O–H groups in total. The van der Waals surface area contributed by atoms with E-state index in [-0.39, 0.29) is 17.9 Å². The van der Waals surface area contributed by atoms with Crippen LogP contribution in [-0.4, -0.2) is 33.2 Å². The van der Waals surface area contributed by atoms with E-state index in [4.69, 9.17) is 4.74 Å². The first kappa shape index (κ1) is 11.5. The zero-order valence-electron chi connectivity index (χ0n) is 9.57. The third-order valence-electron chi connectivity index (χ3n) is 1.99. The van der Waals surface area contributed by atoms with Crippen LogP contribution in [0.1, 0.15) is 20.4 Å². The average molecular weight is 253 g/mol. The van der Waals surface area contributed by atoms with Gasteiger partial charge in [-0.2, -0.15) is 4.98 Å². The largest absolute Gasteiger partial charge is 0.466 e. The molecule has 2 heterocycles. The number of amides is 1. The first-order valence-corrected chi connectivity index (χ1v) is 5.63. The van der Waals surface area contributed by atoms with Crippen LogP contribution < -0.4 is 10.1 Å². The molecule has 0 unspecified atom stereocenters. The van der Waals surface area contributed by atoms with Gasteiger partial charge in [-0.05, 0) is 13.8 Å². The number of H-pyrrole nitrogens is 1. The van der Waals surface area contributed by atoms with Crippen molar-refractivity contribution in [2.45, 2.75) is 13.8 Å². The predicted octanol–water partition coefficient (Wildman–Crippen LogP) is 1.14. The summed E-state index contributed by atoms with van der Waals surface area (Å²) in [4.78, 5) is 20.5. The van der Waals surface area contributed by atoms with Crippen molar-refractivity contribution in [1.82, 2.24) is 20.2 Å². The smallest absolute Gasteiger partial charge is 0.336 e. The minimum atomic E-state index is -0.257. The lowest BCUT2D eigenvalue weighted by Gasteiger charge is -1.98. The van der Waals surface area contributed by atoms with Crippen LogP contribution in [0.3, 0.4) is 0 Å². The van der Waals surface area contributed by atoms with E-state index >= 15 is 0 Å². The molecule has 0 aliphatic heterocycles. The van der Waals surface area contributed by atoms with Crippen LogP contribution in [0, 0.1) is 13.8 Å². The van der Waals surface area contributed by atoms with Gasteiger partial charge in [0.25, 0.3) is 5.91 Å². The van der Waals surface area contributed by atoms with Crippen molar-refractivity contribution in [3.8, 4) is 6.01 Å². The summed E-state index contributed by atoms with van der Waals surface area (Å²) in [6.07, 6.45) is 0. The Balaban J connectivity index is 2.14. The van der Waals surface area contributed by atoms with Crippen LogP contribution in [0.4, 0.5) is 5.95 Å². The molecule has 0 aliphatic rings. The summed E-state index contributed by atoms with van der Waals surface area (Å²) < 4.78 is 4.80. The zero-order chi connectivity index (χ0) is 12.4. The molecule has 2 rings (SSSR count). The Labute approximate surface area is 101 Å². The number of aromatic nitrogens is 4. The van der Waals surface area contributed by atoms with Crippen molar-refractivity contribution in [2.24, 2.45) is 0 Å². The van der Waals surface area contributed by atoms with Gasteiger partial charge in [-0.1, -0.05) is 0 Å². The van der Waals surface area contributed by atoms with Crippen LogP contribution >= 0.6 is 11.3 Å². The Morgan fingerprint density at radius 3 is 2.71 bits per heavy atom. The van der Waals surface area contributed by atoms with Crippen molar-refractivity contribution >= 4 is 23.2 Å². The molecule has 0 radical (unpaired) electrons. The highest BCUT2D eigenvalue weighted by Gasteiger charge is 2.15. The third-order valence-corrected chi connectivity index (χ3v) is 3.06. The molecule has 0 spiro atoms. The summed E-state index contributed by atoms with van der Waals surface area (Å²) in [6.45, 7) is 3.64.